The van der Waals surface area contributed by atoms with E-state index in [1.165, 1.54) is 6.07 Å². The Bertz CT molecular complexity index is 450. The molecule has 0 saturated carbocycles. The molecule has 1 aromatic carbocycles. The zero-order chi connectivity index (χ0) is 13.8. The third-order valence-corrected chi connectivity index (χ3v) is 3.83. The van der Waals surface area contributed by atoms with Crippen molar-refractivity contribution in [1.82, 2.24) is 4.90 Å². The normalized spacial score (nSPS) is 24.3. The lowest BCUT2D eigenvalue weighted by Gasteiger charge is -2.35. The first kappa shape index (κ1) is 14.0. The number of nitro benzene ring substituents is 1. The van der Waals surface area contributed by atoms with E-state index in [0.717, 1.165) is 31.5 Å². The highest BCUT2D eigenvalue weighted by molar-refractivity contribution is 5.34. The number of rotatable bonds is 4. The number of aliphatic hydroxyl groups excluding tert-OH is 1. The largest absolute Gasteiger partial charge is 0.393 e. The maximum absolute atomic E-state index is 10.7. The lowest BCUT2D eigenvalue weighted by atomic mass is 9.92. The van der Waals surface area contributed by atoms with Crippen LogP contribution in [-0.2, 0) is 6.54 Å². The minimum Gasteiger partial charge on any atom is -0.393 e. The molecule has 19 heavy (non-hydrogen) atoms. The second kappa shape index (κ2) is 6.12. The van der Waals surface area contributed by atoms with Crippen molar-refractivity contribution < 1.29 is 10.0 Å². The molecule has 104 valence electrons. The first-order chi connectivity index (χ1) is 9.10. The van der Waals surface area contributed by atoms with Crippen LogP contribution in [0.3, 0.4) is 0 Å². The van der Waals surface area contributed by atoms with Crippen LogP contribution < -0.4 is 0 Å². The van der Waals surface area contributed by atoms with Crippen LogP contribution in [0, 0.1) is 16.0 Å². The lowest BCUT2D eigenvalue weighted by Crippen LogP contribution is -2.42. The van der Waals surface area contributed by atoms with Gasteiger partial charge in [0.1, 0.15) is 0 Å². The summed E-state index contributed by atoms with van der Waals surface area (Å²) in [6.07, 6.45) is 1.55. The van der Waals surface area contributed by atoms with Gasteiger partial charge in [-0.25, -0.2) is 0 Å². The molecule has 0 aromatic heterocycles. The molecule has 2 atom stereocenters. The molecule has 2 unspecified atom stereocenters. The van der Waals surface area contributed by atoms with Gasteiger partial charge in [-0.1, -0.05) is 19.1 Å². The zero-order valence-electron chi connectivity index (χ0n) is 11.2. The molecule has 1 aromatic rings. The Morgan fingerprint density at radius 1 is 1.53 bits per heavy atom. The summed E-state index contributed by atoms with van der Waals surface area (Å²) in [4.78, 5) is 12.6. The number of piperidine rings is 1. The fourth-order valence-electron chi connectivity index (χ4n) is 2.67. The third-order valence-electron chi connectivity index (χ3n) is 3.83. The second-order valence-corrected chi connectivity index (χ2v) is 5.19. The first-order valence-electron chi connectivity index (χ1n) is 6.74. The van der Waals surface area contributed by atoms with Gasteiger partial charge in [-0.05, 0) is 24.3 Å². The average molecular weight is 264 g/mol. The SMILES string of the molecule is CCC1CN(Cc2cccc([N+](=O)[O-])c2)CCC1O. The number of likely N-dealkylation sites (tertiary alicyclic amines) is 1. The highest BCUT2D eigenvalue weighted by atomic mass is 16.6. The molecule has 0 spiro atoms. The third kappa shape index (κ3) is 3.52. The minimum atomic E-state index is -0.363. The van der Waals surface area contributed by atoms with E-state index in [2.05, 4.69) is 11.8 Å². The van der Waals surface area contributed by atoms with Crippen molar-refractivity contribution in [3.05, 3.63) is 39.9 Å². The van der Waals surface area contributed by atoms with Crippen molar-refractivity contribution in [2.45, 2.75) is 32.4 Å². The molecule has 1 fully saturated rings. The Morgan fingerprint density at radius 2 is 2.32 bits per heavy atom. The molecule has 0 radical (unpaired) electrons. The van der Waals surface area contributed by atoms with Crippen molar-refractivity contribution in [2.24, 2.45) is 5.92 Å². The number of benzene rings is 1. The van der Waals surface area contributed by atoms with Crippen LogP contribution in [0.25, 0.3) is 0 Å². The van der Waals surface area contributed by atoms with Gasteiger partial charge >= 0.3 is 0 Å². The summed E-state index contributed by atoms with van der Waals surface area (Å²) in [5.41, 5.74) is 1.10. The maximum atomic E-state index is 10.7. The van der Waals surface area contributed by atoms with Crippen molar-refractivity contribution >= 4 is 5.69 Å². The smallest absolute Gasteiger partial charge is 0.269 e. The Hall–Kier alpha value is -1.46. The molecule has 1 aliphatic heterocycles. The van der Waals surface area contributed by atoms with Gasteiger partial charge in [0.15, 0.2) is 0 Å². The average Bonchev–Trinajstić information content (AvgIpc) is 2.41. The van der Waals surface area contributed by atoms with Gasteiger partial charge in [-0.15, -0.1) is 0 Å². The van der Waals surface area contributed by atoms with Crippen molar-refractivity contribution in [3.63, 3.8) is 0 Å². The molecule has 1 saturated heterocycles. The molecule has 5 nitrogen and oxygen atoms in total. The summed E-state index contributed by atoms with van der Waals surface area (Å²) < 4.78 is 0. The van der Waals surface area contributed by atoms with Gasteiger partial charge < -0.3 is 5.11 Å². The number of nitrogens with zero attached hydrogens (tertiary/aromatic N) is 2. The lowest BCUT2D eigenvalue weighted by molar-refractivity contribution is -0.384. The molecule has 0 amide bonds. The van der Waals surface area contributed by atoms with Crippen LogP contribution >= 0.6 is 0 Å². The maximum Gasteiger partial charge on any atom is 0.269 e. The van der Waals surface area contributed by atoms with Crippen LogP contribution in [-0.4, -0.2) is 34.1 Å². The van der Waals surface area contributed by atoms with Gasteiger partial charge in [-0.3, -0.25) is 15.0 Å². The minimum absolute atomic E-state index is 0.140. The fraction of sp³-hybridized carbons (Fsp3) is 0.571. The number of hydrogen-bond donors (Lipinski definition) is 1. The second-order valence-electron chi connectivity index (χ2n) is 5.19. The number of hydrogen-bond acceptors (Lipinski definition) is 4. The summed E-state index contributed by atoms with van der Waals surface area (Å²) >= 11 is 0. The van der Waals surface area contributed by atoms with Crippen LogP contribution in [0.1, 0.15) is 25.3 Å². The van der Waals surface area contributed by atoms with Gasteiger partial charge in [-0.2, -0.15) is 0 Å². The van der Waals surface area contributed by atoms with E-state index >= 15 is 0 Å². The number of non-ortho nitro benzene ring substituents is 1. The molecule has 1 aliphatic rings. The van der Waals surface area contributed by atoms with Crippen LogP contribution in [0.15, 0.2) is 24.3 Å². The van der Waals surface area contributed by atoms with Crippen LogP contribution in [0.5, 0.6) is 0 Å². The van der Waals surface area contributed by atoms with E-state index in [1.54, 1.807) is 12.1 Å². The number of nitro groups is 1. The molecular weight excluding hydrogens is 244 g/mol. The van der Waals surface area contributed by atoms with E-state index in [0.29, 0.717) is 12.5 Å². The van der Waals surface area contributed by atoms with E-state index in [1.807, 2.05) is 6.07 Å². The van der Waals surface area contributed by atoms with Gasteiger partial charge in [0.25, 0.3) is 5.69 Å². The van der Waals surface area contributed by atoms with Gasteiger partial charge in [0.05, 0.1) is 11.0 Å². The van der Waals surface area contributed by atoms with Crippen LogP contribution in [0.4, 0.5) is 5.69 Å². The topological polar surface area (TPSA) is 66.6 Å². The Balaban J connectivity index is 2.01. The highest BCUT2D eigenvalue weighted by Gasteiger charge is 2.26. The molecule has 0 bridgehead atoms. The summed E-state index contributed by atoms with van der Waals surface area (Å²) in [6.45, 7) is 4.51. The van der Waals surface area contributed by atoms with Crippen LogP contribution in [0.2, 0.25) is 0 Å². The summed E-state index contributed by atoms with van der Waals surface area (Å²) in [6, 6.07) is 6.78. The zero-order valence-corrected chi connectivity index (χ0v) is 11.2. The molecule has 0 aliphatic carbocycles. The molecule has 5 heteroatoms. The molecule has 2 rings (SSSR count). The molecular formula is C14H20N2O3. The highest BCUT2D eigenvalue weighted by Crippen LogP contribution is 2.22. The first-order valence-corrected chi connectivity index (χ1v) is 6.74. The quantitative estimate of drug-likeness (QED) is 0.668. The Labute approximate surface area is 113 Å². The van der Waals surface area contributed by atoms with Crippen molar-refractivity contribution in [1.29, 1.82) is 0 Å². The summed E-state index contributed by atoms with van der Waals surface area (Å²) in [5, 5.41) is 20.6. The van der Waals surface area contributed by atoms with E-state index in [-0.39, 0.29) is 16.7 Å². The van der Waals surface area contributed by atoms with E-state index in [9.17, 15) is 15.2 Å². The number of aliphatic hydroxyl groups is 1. The molecule has 1 heterocycles. The Morgan fingerprint density at radius 3 is 3.00 bits per heavy atom. The monoisotopic (exact) mass is 264 g/mol. The van der Waals surface area contributed by atoms with Gasteiger partial charge in [0, 0.05) is 31.8 Å². The van der Waals surface area contributed by atoms with E-state index < -0.39 is 0 Å². The summed E-state index contributed by atoms with van der Waals surface area (Å²) in [5.74, 6) is 0.312. The molecule has 1 N–H and O–H groups in total. The summed E-state index contributed by atoms with van der Waals surface area (Å²) in [7, 11) is 0. The fourth-order valence-corrected chi connectivity index (χ4v) is 2.67. The predicted molar refractivity (Wildman–Crippen MR) is 72.8 cm³/mol. The Kier molecular flexibility index (Phi) is 4.50. The van der Waals surface area contributed by atoms with Crippen molar-refractivity contribution in [2.75, 3.05) is 13.1 Å². The van der Waals surface area contributed by atoms with E-state index in [4.69, 9.17) is 0 Å². The predicted octanol–water partition coefficient (Wildman–Crippen LogP) is 2.19. The standard InChI is InChI=1S/C14H20N2O3/c1-2-12-10-15(7-6-14(12)17)9-11-4-3-5-13(8-11)16(18)19/h3-5,8,12,14,17H,2,6-7,9-10H2,1H3. The van der Waals surface area contributed by atoms with Crippen molar-refractivity contribution in [3.8, 4) is 0 Å². The van der Waals surface area contributed by atoms with Gasteiger partial charge in [0.2, 0.25) is 0 Å².